The number of rotatable bonds is 5. The lowest BCUT2D eigenvalue weighted by atomic mass is 9.83. The Balaban J connectivity index is 1.45. The van der Waals surface area contributed by atoms with Gasteiger partial charge < -0.3 is 14.6 Å². The minimum Gasteiger partial charge on any atom is -0.484 e. The van der Waals surface area contributed by atoms with Crippen molar-refractivity contribution in [3.8, 4) is 5.75 Å². The van der Waals surface area contributed by atoms with E-state index in [4.69, 9.17) is 39.5 Å². The molecule has 166 valence electrons. The Labute approximate surface area is 193 Å². The van der Waals surface area contributed by atoms with Gasteiger partial charge in [-0.2, -0.15) is 0 Å². The molecule has 3 heterocycles. The fourth-order valence-electron chi connectivity index (χ4n) is 4.40. The molecule has 0 aliphatic carbocycles. The Kier molecular flexibility index (Phi) is 6.49. The van der Waals surface area contributed by atoms with Crippen LogP contribution < -0.4 is 15.6 Å². The maximum atomic E-state index is 13.0. The fraction of sp³-hybridized carbons (Fsp3) is 0.429. The first-order chi connectivity index (χ1) is 14.7. The molecule has 2 aliphatic heterocycles. The van der Waals surface area contributed by atoms with Crippen LogP contribution in [-0.2, 0) is 11.3 Å². The summed E-state index contributed by atoms with van der Waals surface area (Å²) in [6, 6.07) is 10.6. The first-order valence-electron chi connectivity index (χ1n) is 9.89. The Morgan fingerprint density at radius 1 is 1.16 bits per heavy atom. The minimum absolute atomic E-state index is 0.00942. The molecule has 0 radical (unpaired) electrons. The standard InChI is InChI=1S/C21H21Cl3FN3O3/c22-21(23,24)20(26-18(29)12-31-16-6-4-15(25)5-7-16)27-9-13-8-14(11-27)17-2-1-3-19(30)28(17)10-13/h1-7,13-14,20H,8-12H2,(H,26,29)/t13-,14+,20+/m0/s1. The number of piperidine rings is 1. The van der Waals surface area contributed by atoms with E-state index in [1.807, 2.05) is 15.5 Å². The second kappa shape index (κ2) is 8.98. The number of nitrogens with zero attached hydrogens (tertiary/aromatic N) is 2. The van der Waals surface area contributed by atoms with Crippen LogP contribution in [0.3, 0.4) is 0 Å². The normalized spacial score (nSPS) is 21.8. The van der Waals surface area contributed by atoms with E-state index < -0.39 is 21.7 Å². The predicted octanol–water partition coefficient (Wildman–Crippen LogP) is 3.30. The topological polar surface area (TPSA) is 63.6 Å². The van der Waals surface area contributed by atoms with Gasteiger partial charge in [-0.25, -0.2) is 4.39 Å². The number of amides is 1. The molecule has 2 bridgehead atoms. The van der Waals surface area contributed by atoms with Gasteiger partial charge in [0.25, 0.3) is 11.5 Å². The number of fused-ring (bicyclic) bond motifs is 4. The summed E-state index contributed by atoms with van der Waals surface area (Å²) in [5, 5.41) is 2.76. The number of halogens is 4. The van der Waals surface area contributed by atoms with E-state index in [0.717, 1.165) is 12.1 Å². The zero-order valence-corrected chi connectivity index (χ0v) is 18.7. The number of benzene rings is 1. The number of alkyl halides is 3. The van der Waals surface area contributed by atoms with Crippen LogP contribution in [-0.4, -0.2) is 45.0 Å². The first-order valence-corrected chi connectivity index (χ1v) is 11.0. The lowest BCUT2D eigenvalue weighted by Crippen LogP contribution is -2.60. The van der Waals surface area contributed by atoms with Crippen LogP contribution >= 0.6 is 34.8 Å². The fourth-order valence-corrected chi connectivity index (χ4v) is 4.98. The third-order valence-corrected chi connectivity index (χ3v) is 6.28. The molecule has 2 aliphatic rings. The summed E-state index contributed by atoms with van der Waals surface area (Å²) >= 11 is 18.7. The first kappa shape index (κ1) is 22.4. The zero-order chi connectivity index (χ0) is 22.2. The maximum absolute atomic E-state index is 13.0. The van der Waals surface area contributed by atoms with Crippen LogP contribution in [0.5, 0.6) is 5.75 Å². The molecular weight excluding hydrogens is 468 g/mol. The van der Waals surface area contributed by atoms with Crippen LogP contribution in [0.25, 0.3) is 0 Å². The number of pyridine rings is 1. The second-order valence-corrected chi connectivity index (χ2v) is 10.3. The summed E-state index contributed by atoms with van der Waals surface area (Å²) in [6.07, 6.45) is 0.0721. The Morgan fingerprint density at radius 2 is 1.90 bits per heavy atom. The number of nitrogens with one attached hydrogen (secondary N) is 1. The monoisotopic (exact) mass is 487 g/mol. The number of carbonyl (C=O) groups excluding carboxylic acids is 1. The van der Waals surface area contributed by atoms with E-state index in [-0.39, 0.29) is 24.0 Å². The summed E-state index contributed by atoms with van der Waals surface area (Å²) in [6.45, 7) is 1.41. The van der Waals surface area contributed by atoms with Crippen LogP contribution in [0.1, 0.15) is 18.0 Å². The second-order valence-electron chi connectivity index (χ2n) is 7.91. The van der Waals surface area contributed by atoms with E-state index >= 15 is 0 Å². The molecular formula is C21H21Cl3FN3O3. The van der Waals surface area contributed by atoms with Crippen molar-refractivity contribution in [1.82, 2.24) is 14.8 Å². The highest BCUT2D eigenvalue weighted by molar-refractivity contribution is 6.68. The van der Waals surface area contributed by atoms with E-state index in [2.05, 4.69) is 5.32 Å². The highest BCUT2D eigenvalue weighted by atomic mass is 35.6. The smallest absolute Gasteiger partial charge is 0.259 e. The van der Waals surface area contributed by atoms with Crippen molar-refractivity contribution in [1.29, 1.82) is 0 Å². The molecule has 1 aromatic heterocycles. The summed E-state index contributed by atoms with van der Waals surface area (Å²) in [5.41, 5.74) is 0.951. The highest BCUT2D eigenvalue weighted by Gasteiger charge is 2.44. The van der Waals surface area contributed by atoms with Gasteiger partial charge in [0.05, 0.1) is 0 Å². The Bertz CT molecular complexity index is 1010. The average Bonchev–Trinajstić information content (AvgIpc) is 2.71. The Morgan fingerprint density at radius 3 is 2.61 bits per heavy atom. The lowest BCUT2D eigenvalue weighted by Gasteiger charge is -2.47. The summed E-state index contributed by atoms with van der Waals surface area (Å²) in [7, 11) is 0. The summed E-state index contributed by atoms with van der Waals surface area (Å²) in [5.74, 6) is -0.200. The minimum atomic E-state index is -1.77. The van der Waals surface area contributed by atoms with Gasteiger partial charge >= 0.3 is 0 Å². The molecule has 31 heavy (non-hydrogen) atoms. The quantitative estimate of drug-likeness (QED) is 0.656. The van der Waals surface area contributed by atoms with Crippen LogP contribution in [0.2, 0.25) is 0 Å². The van der Waals surface area contributed by atoms with Gasteiger partial charge in [-0.3, -0.25) is 14.5 Å². The molecule has 6 nitrogen and oxygen atoms in total. The molecule has 0 unspecified atom stereocenters. The molecule has 3 atom stereocenters. The molecule has 0 spiro atoms. The third kappa shape index (κ3) is 5.17. The molecule has 2 aromatic rings. The van der Waals surface area contributed by atoms with Crippen LogP contribution in [0.4, 0.5) is 4.39 Å². The van der Waals surface area contributed by atoms with Crippen LogP contribution in [0, 0.1) is 11.7 Å². The van der Waals surface area contributed by atoms with Crippen molar-refractivity contribution in [2.24, 2.45) is 5.92 Å². The molecule has 1 saturated heterocycles. The number of likely N-dealkylation sites (tertiary alicyclic amines) is 1. The van der Waals surface area contributed by atoms with Crippen molar-refractivity contribution in [3.05, 3.63) is 64.3 Å². The van der Waals surface area contributed by atoms with E-state index in [1.54, 1.807) is 12.1 Å². The van der Waals surface area contributed by atoms with E-state index in [1.165, 1.54) is 24.3 Å². The largest absolute Gasteiger partial charge is 0.484 e. The van der Waals surface area contributed by atoms with Crippen molar-refractivity contribution >= 4 is 40.7 Å². The molecule has 1 aromatic carbocycles. The zero-order valence-electron chi connectivity index (χ0n) is 16.4. The van der Waals surface area contributed by atoms with Gasteiger partial charge in [0.2, 0.25) is 3.79 Å². The molecule has 4 rings (SSSR count). The van der Waals surface area contributed by atoms with Gasteiger partial charge in [0.15, 0.2) is 6.61 Å². The number of hydrogen-bond donors (Lipinski definition) is 1. The number of ether oxygens (including phenoxy) is 1. The number of hydrogen-bond acceptors (Lipinski definition) is 4. The molecule has 1 amide bonds. The van der Waals surface area contributed by atoms with Crippen molar-refractivity contribution < 1.29 is 13.9 Å². The van der Waals surface area contributed by atoms with Crippen LogP contribution in [0.15, 0.2) is 47.3 Å². The Hall–Kier alpha value is -1.80. The third-order valence-electron chi connectivity index (χ3n) is 5.66. The highest BCUT2D eigenvalue weighted by Crippen LogP contribution is 2.39. The van der Waals surface area contributed by atoms with Gasteiger partial charge in [-0.05, 0) is 42.7 Å². The van der Waals surface area contributed by atoms with Gasteiger partial charge in [0.1, 0.15) is 17.7 Å². The molecule has 10 heteroatoms. The predicted molar refractivity (Wildman–Crippen MR) is 117 cm³/mol. The van der Waals surface area contributed by atoms with Gasteiger partial charge in [-0.15, -0.1) is 0 Å². The maximum Gasteiger partial charge on any atom is 0.259 e. The number of carbonyl (C=O) groups is 1. The molecule has 0 saturated carbocycles. The average molecular weight is 489 g/mol. The van der Waals surface area contributed by atoms with Crippen molar-refractivity contribution in [2.75, 3.05) is 19.7 Å². The van der Waals surface area contributed by atoms with Gasteiger partial charge in [0, 0.05) is 37.3 Å². The molecule has 1 N–H and O–H groups in total. The summed E-state index contributed by atoms with van der Waals surface area (Å²) < 4.78 is 18.4. The van der Waals surface area contributed by atoms with E-state index in [0.29, 0.717) is 25.4 Å². The number of aromatic nitrogens is 1. The van der Waals surface area contributed by atoms with Gasteiger partial charge in [-0.1, -0.05) is 40.9 Å². The summed E-state index contributed by atoms with van der Waals surface area (Å²) in [4.78, 5) is 26.7. The van der Waals surface area contributed by atoms with Crippen molar-refractivity contribution in [3.63, 3.8) is 0 Å². The SMILES string of the molecule is O=C(COc1ccc(F)cc1)N[C@H](N1C[C@@H]2C[C@H](C1)c1cccc(=O)n1C2)C(Cl)(Cl)Cl. The lowest BCUT2D eigenvalue weighted by molar-refractivity contribution is -0.125. The van der Waals surface area contributed by atoms with E-state index in [9.17, 15) is 14.0 Å². The van der Waals surface area contributed by atoms with Crippen molar-refractivity contribution in [2.45, 2.75) is 28.8 Å². The molecule has 1 fully saturated rings.